The Hall–Kier alpha value is 0.330. The fraction of sp³-hybridized carbons (Fsp3) is 0.846. The fourth-order valence-electron chi connectivity index (χ4n) is 1.54. The fourth-order valence-corrected chi connectivity index (χ4v) is 2.52. The average molecular weight is 357 g/mol. The van der Waals surface area contributed by atoms with Crippen molar-refractivity contribution >= 4 is 23.8 Å². The van der Waals surface area contributed by atoms with Gasteiger partial charge in [-0.1, -0.05) is 73.5 Å². The smallest absolute Gasteiger partial charge is 0.302 e. The molecule has 1 N–H and O–H groups in total. The predicted octanol–water partition coefficient (Wildman–Crippen LogP) is 4.82. The Bertz CT molecular complexity index is 271. The zero-order valence-electron chi connectivity index (χ0n) is 11.7. The molecule has 114 valence electrons. The van der Waals surface area contributed by atoms with Crippen LogP contribution in [0.25, 0.3) is 0 Å². The number of phosphoric ester groups is 1. The maximum atomic E-state index is 11.4. The van der Waals surface area contributed by atoms with E-state index in [1.54, 1.807) is 12.2 Å². The first-order chi connectivity index (χ1) is 9.12. The second kappa shape index (κ2) is 13.3. The Morgan fingerprint density at radius 2 is 1.68 bits per heavy atom. The lowest BCUT2D eigenvalue weighted by atomic mass is 10.1. The number of hydrogen-bond donors (Lipinski definition) is 1. The number of allylic oxidation sites excluding steroid dienone is 1. The molecule has 0 rings (SSSR count). The van der Waals surface area contributed by atoms with E-state index in [9.17, 15) is 9.46 Å². The molecular weight excluding hydrogens is 331 g/mol. The van der Waals surface area contributed by atoms with Gasteiger partial charge >= 0.3 is 7.82 Å². The Morgan fingerprint density at radius 3 is 2.32 bits per heavy atom. The molecule has 4 nitrogen and oxygen atoms in total. The van der Waals surface area contributed by atoms with Gasteiger partial charge in [0.05, 0.1) is 13.2 Å². The van der Waals surface area contributed by atoms with Crippen LogP contribution in [0.1, 0.15) is 51.9 Å². The van der Waals surface area contributed by atoms with Crippen molar-refractivity contribution in [2.45, 2.75) is 51.9 Å². The third-order valence-corrected chi connectivity index (χ3v) is 3.95. The average Bonchev–Trinajstić information content (AvgIpc) is 2.38. The van der Waals surface area contributed by atoms with E-state index in [2.05, 4.69) is 22.9 Å². The van der Waals surface area contributed by atoms with Crippen molar-refractivity contribution in [2.24, 2.45) is 0 Å². The highest BCUT2D eigenvalue weighted by Gasteiger charge is 2.19. The van der Waals surface area contributed by atoms with E-state index >= 15 is 0 Å². The maximum absolute atomic E-state index is 11.4. The predicted molar refractivity (Wildman–Crippen MR) is 82.7 cm³/mol. The minimum atomic E-state index is -3.87. The van der Waals surface area contributed by atoms with E-state index in [0.717, 1.165) is 19.3 Å². The minimum Gasteiger partial charge on any atom is -0.302 e. The normalized spacial score (nSPS) is 14.9. The van der Waals surface area contributed by atoms with Gasteiger partial charge in [-0.15, -0.1) is 0 Å². The van der Waals surface area contributed by atoms with Crippen LogP contribution >= 0.6 is 23.8 Å². The Labute approximate surface area is 125 Å². The molecular formula is C13H26BrO4P. The van der Waals surface area contributed by atoms with Gasteiger partial charge in [0.25, 0.3) is 0 Å². The van der Waals surface area contributed by atoms with E-state index in [0.29, 0.717) is 5.33 Å². The first-order valence-electron chi connectivity index (χ1n) is 6.95. The summed E-state index contributed by atoms with van der Waals surface area (Å²) in [7, 11) is -3.87. The van der Waals surface area contributed by atoms with Gasteiger partial charge in [-0.25, -0.2) is 4.57 Å². The SMILES string of the molecule is CCCCCCCCCOP(=O)(O)OC/C=C/CBr. The third-order valence-electron chi connectivity index (χ3n) is 2.59. The highest BCUT2D eigenvalue weighted by Crippen LogP contribution is 2.43. The number of phosphoric acid groups is 1. The molecule has 0 heterocycles. The molecule has 1 atom stereocenters. The molecule has 0 radical (unpaired) electrons. The topological polar surface area (TPSA) is 55.8 Å². The summed E-state index contributed by atoms with van der Waals surface area (Å²) in [5.74, 6) is 0. The van der Waals surface area contributed by atoms with Crippen molar-refractivity contribution in [3.05, 3.63) is 12.2 Å². The molecule has 6 heteroatoms. The lowest BCUT2D eigenvalue weighted by molar-refractivity contribution is 0.158. The van der Waals surface area contributed by atoms with Gasteiger partial charge in [-0.05, 0) is 6.42 Å². The second-order valence-electron chi connectivity index (χ2n) is 4.34. The van der Waals surface area contributed by atoms with Crippen LogP contribution in [0.4, 0.5) is 0 Å². The largest absolute Gasteiger partial charge is 0.472 e. The van der Waals surface area contributed by atoms with Gasteiger partial charge in [-0.3, -0.25) is 9.05 Å². The molecule has 0 saturated heterocycles. The lowest BCUT2D eigenvalue weighted by Crippen LogP contribution is -1.97. The summed E-state index contributed by atoms with van der Waals surface area (Å²) in [6.45, 7) is 2.57. The summed E-state index contributed by atoms with van der Waals surface area (Å²) in [5.41, 5.74) is 0. The molecule has 0 amide bonds. The van der Waals surface area contributed by atoms with E-state index in [1.165, 1.54) is 25.7 Å². The van der Waals surface area contributed by atoms with Crippen LogP contribution in [-0.4, -0.2) is 23.4 Å². The van der Waals surface area contributed by atoms with Crippen molar-refractivity contribution in [3.8, 4) is 0 Å². The minimum absolute atomic E-state index is 0.0936. The molecule has 0 spiro atoms. The molecule has 0 fully saturated rings. The summed E-state index contributed by atoms with van der Waals surface area (Å²) in [6, 6.07) is 0. The van der Waals surface area contributed by atoms with Gasteiger partial charge in [0.1, 0.15) is 0 Å². The second-order valence-corrected chi connectivity index (χ2v) is 6.45. The van der Waals surface area contributed by atoms with E-state index in [1.807, 2.05) is 0 Å². The number of alkyl halides is 1. The van der Waals surface area contributed by atoms with Crippen molar-refractivity contribution < 1.29 is 18.5 Å². The van der Waals surface area contributed by atoms with Gasteiger partial charge in [-0.2, -0.15) is 0 Å². The van der Waals surface area contributed by atoms with Crippen LogP contribution in [-0.2, 0) is 13.6 Å². The molecule has 0 saturated carbocycles. The molecule has 19 heavy (non-hydrogen) atoms. The number of rotatable bonds is 13. The zero-order chi connectivity index (χ0) is 14.4. The number of halogens is 1. The van der Waals surface area contributed by atoms with Gasteiger partial charge < -0.3 is 4.89 Å². The third kappa shape index (κ3) is 14.5. The van der Waals surface area contributed by atoms with Crippen LogP contribution in [0.15, 0.2) is 12.2 Å². The summed E-state index contributed by atoms with van der Waals surface area (Å²) in [4.78, 5) is 9.35. The first kappa shape index (κ1) is 19.3. The van der Waals surface area contributed by atoms with Crippen LogP contribution < -0.4 is 0 Å². The van der Waals surface area contributed by atoms with Gasteiger partial charge in [0.15, 0.2) is 0 Å². The van der Waals surface area contributed by atoms with Crippen LogP contribution in [0, 0.1) is 0 Å². The van der Waals surface area contributed by atoms with E-state index in [-0.39, 0.29) is 13.2 Å². The van der Waals surface area contributed by atoms with Crippen LogP contribution in [0.2, 0.25) is 0 Å². The summed E-state index contributed by atoms with van der Waals surface area (Å²) in [6.07, 6.45) is 11.5. The Balaban J connectivity index is 3.42. The molecule has 0 aromatic heterocycles. The molecule has 0 aromatic rings. The summed E-state index contributed by atoms with van der Waals surface area (Å²) < 4.78 is 21.1. The van der Waals surface area contributed by atoms with Gasteiger partial charge in [0.2, 0.25) is 0 Å². The Kier molecular flexibility index (Phi) is 13.6. The Morgan fingerprint density at radius 1 is 1.05 bits per heavy atom. The molecule has 0 bridgehead atoms. The zero-order valence-corrected chi connectivity index (χ0v) is 14.2. The van der Waals surface area contributed by atoms with E-state index < -0.39 is 7.82 Å². The lowest BCUT2D eigenvalue weighted by Gasteiger charge is -2.10. The van der Waals surface area contributed by atoms with Crippen LogP contribution in [0.3, 0.4) is 0 Å². The monoisotopic (exact) mass is 356 g/mol. The van der Waals surface area contributed by atoms with Crippen molar-refractivity contribution in [1.29, 1.82) is 0 Å². The molecule has 0 aliphatic heterocycles. The van der Waals surface area contributed by atoms with Crippen LogP contribution in [0.5, 0.6) is 0 Å². The summed E-state index contributed by atoms with van der Waals surface area (Å²) >= 11 is 3.21. The first-order valence-corrected chi connectivity index (χ1v) is 9.57. The number of hydrogen-bond acceptors (Lipinski definition) is 3. The standard InChI is InChI=1S/C13H26BrO4P/c1-2-3-4-5-6-7-9-12-17-19(15,16)18-13-10-8-11-14/h8,10H,2-7,9,11-13H2,1H3,(H,15,16)/b10-8+. The molecule has 1 unspecified atom stereocenters. The highest BCUT2D eigenvalue weighted by molar-refractivity contribution is 9.09. The molecule has 0 aliphatic carbocycles. The van der Waals surface area contributed by atoms with Crippen molar-refractivity contribution in [3.63, 3.8) is 0 Å². The number of unbranched alkanes of at least 4 members (excludes halogenated alkanes) is 6. The van der Waals surface area contributed by atoms with Crippen molar-refractivity contribution in [2.75, 3.05) is 18.5 Å². The summed E-state index contributed by atoms with van der Waals surface area (Å²) in [5, 5.41) is 0.699. The van der Waals surface area contributed by atoms with Crippen molar-refractivity contribution in [1.82, 2.24) is 0 Å². The van der Waals surface area contributed by atoms with E-state index in [4.69, 9.17) is 9.05 Å². The molecule has 0 aromatic carbocycles. The maximum Gasteiger partial charge on any atom is 0.472 e. The highest BCUT2D eigenvalue weighted by atomic mass is 79.9. The quantitative estimate of drug-likeness (QED) is 0.222. The molecule has 0 aliphatic rings. The van der Waals surface area contributed by atoms with Gasteiger partial charge in [0, 0.05) is 5.33 Å².